The van der Waals surface area contributed by atoms with Crippen LogP contribution in [-0.2, 0) is 0 Å². The lowest BCUT2D eigenvalue weighted by Crippen LogP contribution is -1.99. The highest BCUT2D eigenvalue weighted by Crippen LogP contribution is 2.34. The van der Waals surface area contributed by atoms with Crippen LogP contribution < -0.4 is 15.2 Å². The summed E-state index contributed by atoms with van der Waals surface area (Å²) in [7, 11) is 3.24. The zero-order valence-electron chi connectivity index (χ0n) is 14.4. The van der Waals surface area contributed by atoms with Gasteiger partial charge >= 0.3 is 0 Å². The van der Waals surface area contributed by atoms with Gasteiger partial charge in [0.05, 0.1) is 14.2 Å². The van der Waals surface area contributed by atoms with Crippen molar-refractivity contribution in [3.63, 3.8) is 0 Å². The predicted octanol–water partition coefficient (Wildman–Crippen LogP) is 3.06. The third kappa shape index (κ3) is 2.69. The van der Waals surface area contributed by atoms with E-state index in [1.54, 1.807) is 24.9 Å². The number of pyridine rings is 2. The monoisotopic (exact) mass is 347 g/mol. The van der Waals surface area contributed by atoms with Crippen LogP contribution >= 0.6 is 0 Å². The van der Waals surface area contributed by atoms with Gasteiger partial charge in [-0.25, -0.2) is 4.98 Å². The predicted molar refractivity (Wildman–Crippen MR) is 99.2 cm³/mol. The average molecular weight is 347 g/mol. The quantitative estimate of drug-likeness (QED) is 0.610. The molecule has 0 unspecified atom stereocenters. The number of rotatable bonds is 4. The van der Waals surface area contributed by atoms with Crippen LogP contribution in [0, 0.1) is 0 Å². The lowest BCUT2D eigenvalue weighted by molar-refractivity contribution is 0.395. The number of nitrogens with zero attached hydrogens (tertiary/aromatic N) is 4. The summed E-state index contributed by atoms with van der Waals surface area (Å²) in [6, 6.07) is 15.0. The molecule has 4 aromatic rings. The topological polar surface area (TPSA) is 87.6 Å². The summed E-state index contributed by atoms with van der Waals surface area (Å²) in [4.78, 5) is 8.85. The standard InChI is InChI=1S/C19H17N5O2/c1-25-13-6-7-14(16(11-13)26-2)12-9-17(20)24-18(10-12)22-19(23-24)15-5-3-4-8-21-15/h3-11H,20H2,1-2H3. The number of methoxy groups -OCH3 is 2. The molecule has 0 aliphatic rings. The molecular weight excluding hydrogens is 330 g/mol. The maximum absolute atomic E-state index is 6.21. The molecule has 26 heavy (non-hydrogen) atoms. The molecule has 7 nitrogen and oxygen atoms in total. The molecule has 0 aliphatic carbocycles. The maximum Gasteiger partial charge on any atom is 0.200 e. The minimum atomic E-state index is 0.477. The van der Waals surface area contributed by atoms with E-state index in [2.05, 4.69) is 15.1 Å². The minimum Gasteiger partial charge on any atom is -0.497 e. The Hall–Kier alpha value is -3.61. The summed E-state index contributed by atoms with van der Waals surface area (Å²) in [6.45, 7) is 0. The summed E-state index contributed by atoms with van der Waals surface area (Å²) in [5.74, 6) is 2.42. The first kappa shape index (κ1) is 15.9. The molecular formula is C19H17N5O2. The Labute approximate surface area is 150 Å². The summed E-state index contributed by atoms with van der Waals surface area (Å²) in [5.41, 5.74) is 9.32. The van der Waals surface area contributed by atoms with Crippen LogP contribution in [0.15, 0.2) is 54.7 Å². The van der Waals surface area contributed by atoms with Gasteiger partial charge in [0.2, 0.25) is 5.82 Å². The number of nitrogen functional groups attached to an aromatic ring is 1. The number of fused-ring (bicyclic) bond motifs is 1. The minimum absolute atomic E-state index is 0.477. The molecule has 0 saturated heterocycles. The largest absolute Gasteiger partial charge is 0.497 e. The van der Waals surface area contributed by atoms with E-state index in [1.165, 1.54) is 0 Å². The van der Waals surface area contributed by atoms with Crippen molar-refractivity contribution in [2.24, 2.45) is 0 Å². The van der Waals surface area contributed by atoms with Crippen LogP contribution in [0.4, 0.5) is 5.82 Å². The van der Waals surface area contributed by atoms with E-state index < -0.39 is 0 Å². The van der Waals surface area contributed by atoms with Gasteiger partial charge in [-0.3, -0.25) is 4.98 Å². The first-order valence-corrected chi connectivity index (χ1v) is 7.99. The fourth-order valence-corrected chi connectivity index (χ4v) is 2.80. The number of hydrogen-bond acceptors (Lipinski definition) is 6. The fourth-order valence-electron chi connectivity index (χ4n) is 2.80. The summed E-state index contributed by atoms with van der Waals surface area (Å²) < 4.78 is 12.4. The average Bonchev–Trinajstić information content (AvgIpc) is 3.13. The van der Waals surface area contributed by atoms with E-state index in [-0.39, 0.29) is 0 Å². The molecule has 2 N–H and O–H groups in total. The van der Waals surface area contributed by atoms with E-state index >= 15 is 0 Å². The number of aromatic nitrogens is 4. The van der Waals surface area contributed by atoms with Gasteiger partial charge in [-0.05, 0) is 42.0 Å². The number of hydrogen-bond donors (Lipinski definition) is 1. The van der Waals surface area contributed by atoms with Gasteiger partial charge in [0.15, 0.2) is 5.65 Å². The van der Waals surface area contributed by atoms with Crippen molar-refractivity contribution < 1.29 is 9.47 Å². The summed E-state index contributed by atoms with van der Waals surface area (Å²) >= 11 is 0. The lowest BCUT2D eigenvalue weighted by atomic mass is 10.1. The van der Waals surface area contributed by atoms with Gasteiger partial charge in [-0.2, -0.15) is 4.52 Å². The number of anilines is 1. The van der Waals surface area contributed by atoms with Gasteiger partial charge in [0.25, 0.3) is 0 Å². The summed E-state index contributed by atoms with van der Waals surface area (Å²) in [5, 5.41) is 4.45. The molecule has 0 aliphatic heterocycles. The maximum atomic E-state index is 6.21. The molecule has 3 aromatic heterocycles. The van der Waals surface area contributed by atoms with Crippen LogP contribution in [0.3, 0.4) is 0 Å². The molecule has 0 spiro atoms. The second-order valence-corrected chi connectivity index (χ2v) is 5.66. The van der Waals surface area contributed by atoms with Crippen molar-refractivity contribution in [3.05, 3.63) is 54.7 Å². The zero-order chi connectivity index (χ0) is 18.1. The van der Waals surface area contributed by atoms with Crippen molar-refractivity contribution >= 4 is 11.5 Å². The van der Waals surface area contributed by atoms with E-state index in [9.17, 15) is 0 Å². The smallest absolute Gasteiger partial charge is 0.200 e. The van der Waals surface area contributed by atoms with Crippen molar-refractivity contribution in [3.8, 4) is 34.1 Å². The molecule has 1 aromatic carbocycles. The second kappa shape index (κ2) is 6.36. The van der Waals surface area contributed by atoms with Crippen molar-refractivity contribution in [2.45, 2.75) is 0 Å². The van der Waals surface area contributed by atoms with Gasteiger partial charge in [-0.1, -0.05) is 6.07 Å². The molecule has 0 saturated carbocycles. The Balaban J connectivity index is 1.85. The van der Waals surface area contributed by atoms with Crippen LogP contribution in [0.1, 0.15) is 0 Å². The highest BCUT2D eigenvalue weighted by Gasteiger charge is 2.14. The zero-order valence-corrected chi connectivity index (χ0v) is 14.4. The SMILES string of the molecule is COc1ccc(-c2cc(N)n3nc(-c4ccccn4)nc3c2)c(OC)c1. The molecule has 4 rings (SSSR count). The molecule has 3 heterocycles. The van der Waals surface area contributed by atoms with Gasteiger partial charge in [0.1, 0.15) is 23.0 Å². The van der Waals surface area contributed by atoms with Crippen molar-refractivity contribution in [1.29, 1.82) is 0 Å². The Morgan fingerprint density at radius 3 is 2.62 bits per heavy atom. The van der Waals surface area contributed by atoms with E-state index in [4.69, 9.17) is 15.2 Å². The van der Waals surface area contributed by atoms with Gasteiger partial charge in [-0.15, -0.1) is 5.10 Å². The van der Waals surface area contributed by atoms with Crippen molar-refractivity contribution in [1.82, 2.24) is 19.6 Å². The molecule has 0 bridgehead atoms. The van der Waals surface area contributed by atoms with E-state index in [0.29, 0.717) is 28.7 Å². The van der Waals surface area contributed by atoms with Crippen LogP contribution in [0.5, 0.6) is 11.5 Å². The summed E-state index contributed by atoms with van der Waals surface area (Å²) in [6.07, 6.45) is 1.71. The third-order valence-corrected chi connectivity index (χ3v) is 4.08. The molecule has 130 valence electrons. The first-order chi connectivity index (χ1) is 12.7. The van der Waals surface area contributed by atoms with E-state index in [1.807, 2.05) is 48.5 Å². The van der Waals surface area contributed by atoms with E-state index in [0.717, 1.165) is 16.9 Å². The van der Waals surface area contributed by atoms with Gasteiger partial charge < -0.3 is 15.2 Å². The number of benzene rings is 1. The Morgan fingerprint density at radius 1 is 1.00 bits per heavy atom. The highest BCUT2D eigenvalue weighted by molar-refractivity contribution is 5.77. The highest BCUT2D eigenvalue weighted by atomic mass is 16.5. The first-order valence-electron chi connectivity index (χ1n) is 7.99. The van der Waals surface area contributed by atoms with Crippen LogP contribution in [0.25, 0.3) is 28.3 Å². The molecule has 0 fully saturated rings. The van der Waals surface area contributed by atoms with Gasteiger partial charge in [0, 0.05) is 17.8 Å². The van der Waals surface area contributed by atoms with Crippen LogP contribution in [0.2, 0.25) is 0 Å². The fraction of sp³-hybridized carbons (Fsp3) is 0.105. The Kier molecular flexibility index (Phi) is 3.89. The number of nitrogens with two attached hydrogens (primary N) is 1. The lowest BCUT2D eigenvalue weighted by Gasteiger charge is -2.11. The molecule has 0 atom stereocenters. The molecule has 0 radical (unpaired) electrons. The van der Waals surface area contributed by atoms with Crippen molar-refractivity contribution in [2.75, 3.05) is 20.0 Å². The normalized spacial score (nSPS) is 10.8. The molecule has 0 amide bonds. The number of ether oxygens (including phenoxy) is 2. The Morgan fingerprint density at radius 2 is 1.88 bits per heavy atom. The Bertz CT molecular complexity index is 1080. The molecule has 7 heteroatoms. The van der Waals surface area contributed by atoms with Crippen LogP contribution in [-0.4, -0.2) is 33.8 Å². The third-order valence-electron chi connectivity index (χ3n) is 4.08. The second-order valence-electron chi connectivity index (χ2n) is 5.66.